The zero-order valence-corrected chi connectivity index (χ0v) is 13.1. The average Bonchev–Trinajstić information content (AvgIpc) is 2.57. The van der Waals surface area contributed by atoms with Gasteiger partial charge in [0, 0.05) is 16.6 Å². The Hall–Kier alpha value is -2.39. The van der Waals surface area contributed by atoms with E-state index in [1.165, 1.54) is 10.5 Å². The normalized spacial score (nSPS) is 10.2. The van der Waals surface area contributed by atoms with Gasteiger partial charge in [-0.1, -0.05) is 42.0 Å². The predicted octanol–water partition coefficient (Wildman–Crippen LogP) is 5.91. The Morgan fingerprint density at radius 2 is 1.55 bits per heavy atom. The molecule has 1 N–H and O–H groups in total. The number of hydrogen-bond acceptors (Lipinski definition) is 3. The van der Waals surface area contributed by atoms with Gasteiger partial charge in [0.15, 0.2) is 0 Å². The van der Waals surface area contributed by atoms with Crippen LogP contribution in [-0.2, 0) is 0 Å². The quantitative estimate of drug-likeness (QED) is 0.592. The van der Waals surface area contributed by atoms with Crippen molar-refractivity contribution in [2.45, 2.75) is 11.8 Å². The summed E-state index contributed by atoms with van der Waals surface area (Å²) in [4.78, 5) is 1.17. The highest BCUT2D eigenvalue weighted by Gasteiger charge is 2.00. The van der Waals surface area contributed by atoms with Crippen molar-refractivity contribution in [3.63, 3.8) is 0 Å². The van der Waals surface area contributed by atoms with Crippen LogP contribution in [0.2, 0.25) is 0 Å². The molecule has 3 aromatic carbocycles. The lowest BCUT2D eigenvalue weighted by Gasteiger charge is -2.09. The van der Waals surface area contributed by atoms with Crippen molar-refractivity contribution in [1.82, 2.24) is 0 Å². The highest BCUT2D eigenvalue weighted by Crippen LogP contribution is 2.27. The summed E-state index contributed by atoms with van der Waals surface area (Å²) in [7, 11) is 0. The van der Waals surface area contributed by atoms with E-state index in [9.17, 15) is 0 Å². The van der Waals surface area contributed by atoms with E-state index in [0.29, 0.717) is 0 Å². The molecular formula is C19H17NOS. The van der Waals surface area contributed by atoms with Gasteiger partial charge in [0.25, 0.3) is 0 Å². The van der Waals surface area contributed by atoms with Gasteiger partial charge in [-0.3, -0.25) is 0 Å². The summed E-state index contributed by atoms with van der Waals surface area (Å²) in [5.41, 5.74) is 2.24. The lowest BCUT2D eigenvalue weighted by molar-refractivity contribution is 0.483. The van der Waals surface area contributed by atoms with E-state index in [1.807, 2.05) is 66.7 Å². The summed E-state index contributed by atoms with van der Waals surface area (Å²) in [6.07, 6.45) is 0. The van der Waals surface area contributed by atoms with Gasteiger partial charge in [0.2, 0.25) is 0 Å². The Bertz CT molecular complexity index is 726. The molecule has 0 aliphatic carbocycles. The van der Waals surface area contributed by atoms with Crippen LogP contribution in [0.3, 0.4) is 0 Å². The number of ether oxygens (including phenoxy) is 1. The number of hydrogen-bond donors (Lipinski definition) is 1. The summed E-state index contributed by atoms with van der Waals surface area (Å²) >= 11 is 1.58. The van der Waals surface area contributed by atoms with E-state index in [1.54, 1.807) is 11.9 Å². The first-order valence-corrected chi connectivity index (χ1v) is 7.94. The molecule has 0 fully saturated rings. The number of benzene rings is 3. The van der Waals surface area contributed by atoms with Gasteiger partial charge in [0.05, 0.1) is 0 Å². The second-order valence-corrected chi connectivity index (χ2v) is 5.84. The van der Waals surface area contributed by atoms with Crippen molar-refractivity contribution in [3.8, 4) is 11.5 Å². The maximum absolute atomic E-state index is 5.88. The highest BCUT2D eigenvalue weighted by atomic mass is 32.2. The molecule has 0 aliphatic rings. The first-order chi connectivity index (χ1) is 10.8. The zero-order valence-electron chi connectivity index (χ0n) is 12.3. The fourth-order valence-corrected chi connectivity index (χ4v) is 2.63. The van der Waals surface area contributed by atoms with Crippen molar-refractivity contribution >= 4 is 17.6 Å². The van der Waals surface area contributed by atoms with Gasteiger partial charge in [-0.15, -0.1) is 0 Å². The average molecular weight is 307 g/mol. The molecule has 0 aromatic heterocycles. The SMILES string of the molecule is Cc1ccc(Oc2cccc(NSc3ccccc3)c2)cc1. The summed E-state index contributed by atoms with van der Waals surface area (Å²) in [6, 6.07) is 26.2. The van der Waals surface area contributed by atoms with E-state index >= 15 is 0 Å². The first kappa shape index (κ1) is 14.5. The largest absolute Gasteiger partial charge is 0.457 e. The molecule has 0 unspecified atom stereocenters. The lowest BCUT2D eigenvalue weighted by atomic mass is 10.2. The van der Waals surface area contributed by atoms with Crippen LogP contribution in [0.5, 0.6) is 11.5 Å². The molecule has 0 atom stereocenters. The monoisotopic (exact) mass is 307 g/mol. The van der Waals surface area contributed by atoms with Crippen LogP contribution in [0.15, 0.2) is 83.8 Å². The minimum Gasteiger partial charge on any atom is -0.457 e. The Balaban J connectivity index is 1.66. The van der Waals surface area contributed by atoms with Crippen LogP contribution >= 0.6 is 11.9 Å². The minimum absolute atomic E-state index is 0.822. The van der Waals surface area contributed by atoms with Crippen LogP contribution in [0.1, 0.15) is 5.56 Å². The second kappa shape index (κ2) is 7.05. The Kier molecular flexibility index (Phi) is 4.66. The number of rotatable bonds is 5. The van der Waals surface area contributed by atoms with Gasteiger partial charge < -0.3 is 9.46 Å². The molecule has 0 radical (unpaired) electrons. The summed E-state index contributed by atoms with van der Waals surface area (Å²) in [6.45, 7) is 2.06. The summed E-state index contributed by atoms with van der Waals surface area (Å²) < 4.78 is 9.21. The molecule has 0 amide bonds. The maximum Gasteiger partial charge on any atom is 0.129 e. The van der Waals surface area contributed by atoms with Crippen molar-refractivity contribution in [1.29, 1.82) is 0 Å². The van der Waals surface area contributed by atoms with E-state index < -0.39 is 0 Å². The summed E-state index contributed by atoms with van der Waals surface area (Å²) in [5, 5.41) is 0. The molecule has 0 saturated heterocycles. The molecule has 0 aliphatic heterocycles. The fourth-order valence-electron chi connectivity index (χ4n) is 1.97. The minimum atomic E-state index is 0.822. The second-order valence-electron chi connectivity index (χ2n) is 4.96. The zero-order chi connectivity index (χ0) is 15.2. The third-order valence-corrected chi connectivity index (χ3v) is 3.97. The molecule has 0 bridgehead atoms. The third-order valence-electron chi connectivity index (χ3n) is 3.12. The Morgan fingerprint density at radius 3 is 2.32 bits per heavy atom. The van der Waals surface area contributed by atoms with Crippen LogP contribution in [0.4, 0.5) is 5.69 Å². The Labute approximate surface area is 135 Å². The maximum atomic E-state index is 5.88. The van der Waals surface area contributed by atoms with Gasteiger partial charge in [-0.2, -0.15) is 0 Å². The van der Waals surface area contributed by atoms with Crippen LogP contribution in [-0.4, -0.2) is 0 Å². The summed E-state index contributed by atoms with van der Waals surface area (Å²) in [5.74, 6) is 1.67. The predicted molar refractivity (Wildman–Crippen MR) is 93.6 cm³/mol. The number of nitrogens with one attached hydrogen (secondary N) is 1. The number of aryl methyl sites for hydroxylation is 1. The van der Waals surface area contributed by atoms with Crippen LogP contribution < -0.4 is 9.46 Å². The van der Waals surface area contributed by atoms with Gasteiger partial charge in [-0.25, -0.2) is 0 Å². The molecule has 3 heteroatoms. The standard InChI is InChI=1S/C19H17NOS/c1-15-10-12-17(13-11-15)21-18-7-5-6-16(14-18)20-22-19-8-3-2-4-9-19/h2-14,20H,1H3. The molecule has 110 valence electrons. The topological polar surface area (TPSA) is 21.3 Å². The molecular weight excluding hydrogens is 290 g/mol. The molecule has 3 aromatic rings. The Morgan fingerprint density at radius 1 is 0.773 bits per heavy atom. The highest BCUT2D eigenvalue weighted by molar-refractivity contribution is 8.00. The molecule has 0 heterocycles. The van der Waals surface area contributed by atoms with Crippen molar-refractivity contribution in [2.75, 3.05) is 4.72 Å². The lowest BCUT2D eigenvalue weighted by Crippen LogP contribution is -1.89. The van der Waals surface area contributed by atoms with Crippen molar-refractivity contribution in [3.05, 3.63) is 84.4 Å². The van der Waals surface area contributed by atoms with E-state index in [2.05, 4.69) is 23.8 Å². The van der Waals surface area contributed by atoms with Gasteiger partial charge in [0.1, 0.15) is 11.5 Å². The van der Waals surface area contributed by atoms with E-state index in [0.717, 1.165) is 17.2 Å². The molecule has 0 saturated carbocycles. The van der Waals surface area contributed by atoms with Crippen LogP contribution in [0.25, 0.3) is 0 Å². The molecule has 2 nitrogen and oxygen atoms in total. The first-order valence-electron chi connectivity index (χ1n) is 7.12. The van der Waals surface area contributed by atoms with Gasteiger partial charge >= 0.3 is 0 Å². The smallest absolute Gasteiger partial charge is 0.129 e. The molecule has 3 rings (SSSR count). The van der Waals surface area contributed by atoms with E-state index in [4.69, 9.17) is 4.74 Å². The molecule has 0 spiro atoms. The number of anilines is 1. The van der Waals surface area contributed by atoms with Crippen molar-refractivity contribution < 1.29 is 4.74 Å². The fraction of sp³-hybridized carbons (Fsp3) is 0.0526. The van der Waals surface area contributed by atoms with E-state index in [-0.39, 0.29) is 0 Å². The van der Waals surface area contributed by atoms with Crippen LogP contribution in [0, 0.1) is 6.92 Å². The molecule has 22 heavy (non-hydrogen) atoms. The van der Waals surface area contributed by atoms with Gasteiger partial charge in [-0.05, 0) is 55.3 Å². The third kappa shape index (κ3) is 4.06. The van der Waals surface area contributed by atoms with Crippen molar-refractivity contribution in [2.24, 2.45) is 0 Å².